The molecule has 4 aliphatic rings. The standard InChI is InChI=1S/C23H28N2O4/c1-28-17-8-6-15(7-9-17)11-13-24-21(26)19-18-10-12-23(29-18)14-25(22(27)20(19)23)16-4-2-3-5-16/h6-10,12,16,18-20H,2-5,11,13-14H2,1H3,(H,24,26)/t18-,19-,20-,23+/m0/s1. The van der Waals surface area contributed by atoms with E-state index in [9.17, 15) is 9.59 Å². The molecule has 0 aromatic heterocycles. The van der Waals surface area contributed by atoms with Crippen LogP contribution in [0.25, 0.3) is 0 Å². The zero-order chi connectivity index (χ0) is 20.0. The molecule has 1 aromatic rings. The van der Waals surface area contributed by atoms with Crippen LogP contribution in [0.5, 0.6) is 5.75 Å². The molecule has 1 spiro atoms. The lowest BCUT2D eigenvalue weighted by molar-refractivity contribution is -0.138. The number of nitrogens with zero attached hydrogens (tertiary/aromatic N) is 1. The molecule has 154 valence electrons. The molecule has 2 saturated heterocycles. The Morgan fingerprint density at radius 3 is 2.76 bits per heavy atom. The number of ether oxygens (including phenoxy) is 2. The average Bonchev–Trinajstić information content (AvgIpc) is 3.50. The molecule has 2 amide bonds. The van der Waals surface area contributed by atoms with Crippen molar-refractivity contribution in [2.75, 3.05) is 20.2 Å². The number of hydrogen-bond donors (Lipinski definition) is 1. The maximum Gasteiger partial charge on any atom is 0.230 e. The van der Waals surface area contributed by atoms with Gasteiger partial charge in [0.2, 0.25) is 11.8 Å². The van der Waals surface area contributed by atoms with E-state index in [2.05, 4.69) is 5.32 Å². The second-order valence-electron chi connectivity index (χ2n) is 8.69. The summed E-state index contributed by atoms with van der Waals surface area (Å²) in [6, 6.07) is 8.17. The van der Waals surface area contributed by atoms with Crippen molar-refractivity contribution in [3.05, 3.63) is 42.0 Å². The van der Waals surface area contributed by atoms with Crippen LogP contribution in [0, 0.1) is 11.8 Å². The molecule has 3 fully saturated rings. The van der Waals surface area contributed by atoms with Crippen LogP contribution in [0.2, 0.25) is 0 Å². The second kappa shape index (κ2) is 7.17. The third-order valence-electron chi connectivity index (χ3n) is 7.07. The Balaban J connectivity index is 1.24. The molecule has 1 saturated carbocycles. The summed E-state index contributed by atoms with van der Waals surface area (Å²) in [5, 5.41) is 3.05. The summed E-state index contributed by atoms with van der Waals surface area (Å²) in [5.41, 5.74) is 0.540. The van der Waals surface area contributed by atoms with Gasteiger partial charge in [-0.3, -0.25) is 9.59 Å². The molecule has 1 N–H and O–H groups in total. The Kier molecular flexibility index (Phi) is 4.62. The van der Waals surface area contributed by atoms with Crippen LogP contribution in [-0.4, -0.2) is 54.7 Å². The third kappa shape index (κ3) is 3.05. The first-order valence-corrected chi connectivity index (χ1v) is 10.7. The van der Waals surface area contributed by atoms with E-state index < -0.39 is 11.5 Å². The first-order chi connectivity index (χ1) is 14.1. The first kappa shape index (κ1) is 18.7. The molecular weight excluding hydrogens is 368 g/mol. The number of amides is 2. The maximum absolute atomic E-state index is 13.2. The molecule has 1 aliphatic carbocycles. The number of rotatable bonds is 6. The van der Waals surface area contributed by atoms with Gasteiger partial charge in [-0.2, -0.15) is 0 Å². The number of carbonyl (C=O) groups is 2. The van der Waals surface area contributed by atoms with Crippen molar-refractivity contribution >= 4 is 11.8 Å². The molecule has 3 heterocycles. The van der Waals surface area contributed by atoms with Crippen LogP contribution in [0.15, 0.2) is 36.4 Å². The highest BCUT2D eigenvalue weighted by Gasteiger charge is 2.67. The molecule has 4 atom stereocenters. The van der Waals surface area contributed by atoms with Crippen molar-refractivity contribution in [2.24, 2.45) is 11.8 Å². The van der Waals surface area contributed by atoms with E-state index in [0.717, 1.165) is 30.6 Å². The fourth-order valence-electron chi connectivity index (χ4n) is 5.59. The summed E-state index contributed by atoms with van der Waals surface area (Å²) in [6.45, 7) is 1.14. The van der Waals surface area contributed by atoms with Crippen molar-refractivity contribution in [3.8, 4) is 5.75 Å². The van der Waals surface area contributed by atoms with Gasteiger partial charge < -0.3 is 19.7 Å². The Hall–Kier alpha value is -2.34. The summed E-state index contributed by atoms with van der Waals surface area (Å²) in [7, 11) is 1.64. The quantitative estimate of drug-likeness (QED) is 0.748. The lowest BCUT2D eigenvalue weighted by atomic mass is 9.77. The molecule has 0 radical (unpaired) electrons. The van der Waals surface area contributed by atoms with Gasteiger partial charge in [-0.05, 0) is 37.0 Å². The van der Waals surface area contributed by atoms with Crippen molar-refractivity contribution in [1.82, 2.24) is 10.2 Å². The van der Waals surface area contributed by atoms with Gasteiger partial charge >= 0.3 is 0 Å². The minimum absolute atomic E-state index is 0.0682. The predicted molar refractivity (Wildman–Crippen MR) is 107 cm³/mol. The van der Waals surface area contributed by atoms with E-state index in [0.29, 0.717) is 19.1 Å². The maximum atomic E-state index is 13.2. The molecule has 2 bridgehead atoms. The highest BCUT2D eigenvalue weighted by atomic mass is 16.5. The molecule has 5 rings (SSSR count). The first-order valence-electron chi connectivity index (χ1n) is 10.7. The minimum atomic E-state index is -0.595. The fraction of sp³-hybridized carbons (Fsp3) is 0.565. The lowest BCUT2D eigenvalue weighted by Crippen LogP contribution is -2.45. The highest BCUT2D eigenvalue weighted by molar-refractivity contribution is 5.93. The van der Waals surface area contributed by atoms with Crippen molar-refractivity contribution in [2.45, 2.75) is 49.9 Å². The van der Waals surface area contributed by atoms with Gasteiger partial charge in [0.1, 0.15) is 11.4 Å². The molecule has 3 aliphatic heterocycles. The SMILES string of the molecule is COc1ccc(CCNC(=O)[C@H]2[C@@H]3C=C[C@]4(CN(C5CCCC5)C(=O)[C@H]24)O3)cc1. The third-order valence-corrected chi connectivity index (χ3v) is 7.07. The minimum Gasteiger partial charge on any atom is -0.497 e. The Morgan fingerprint density at radius 1 is 1.28 bits per heavy atom. The number of likely N-dealkylation sites (tertiary alicyclic amines) is 1. The number of hydrogen-bond acceptors (Lipinski definition) is 4. The van der Waals surface area contributed by atoms with E-state index in [1.807, 2.05) is 41.3 Å². The average molecular weight is 396 g/mol. The molecule has 6 heteroatoms. The zero-order valence-corrected chi connectivity index (χ0v) is 16.8. The van der Waals surface area contributed by atoms with Gasteiger partial charge in [0.05, 0.1) is 31.6 Å². The Bertz CT molecular complexity index is 830. The van der Waals surface area contributed by atoms with Crippen molar-refractivity contribution in [3.63, 3.8) is 0 Å². The summed E-state index contributed by atoms with van der Waals surface area (Å²) in [6.07, 6.45) is 8.98. The molecule has 29 heavy (non-hydrogen) atoms. The van der Waals surface area contributed by atoms with Gasteiger partial charge in [-0.25, -0.2) is 0 Å². The smallest absolute Gasteiger partial charge is 0.230 e. The number of carbonyl (C=O) groups excluding carboxylic acids is 2. The van der Waals surface area contributed by atoms with Gasteiger partial charge in [0, 0.05) is 12.6 Å². The summed E-state index contributed by atoms with van der Waals surface area (Å²) in [5.74, 6) is 0.0647. The van der Waals surface area contributed by atoms with Crippen LogP contribution in [0.4, 0.5) is 0 Å². The highest BCUT2D eigenvalue weighted by Crippen LogP contribution is 2.52. The van der Waals surface area contributed by atoms with Gasteiger partial charge in [0.25, 0.3) is 0 Å². The van der Waals surface area contributed by atoms with Crippen LogP contribution >= 0.6 is 0 Å². The van der Waals surface area contributed by atoms with E-state index in [-0.39, 0.29) is 23.8 Å². The van der Waals surface area contributed by atoms with Gasteiger partial charge in [-0.1, -0.05) is 37.1 Å². The van der Waals surface area contributed by atoms with Crippen LogP contribution < -0.4 is 10.1 Å². The summed E-state index contributed by atoms with van der Waals surface area (Å²) in [4.78, 5) is 28.3. The largest absolute Gasteiger partial charge is 0.497 e. The zero-order valence-electron chi connectivity index (χ0n) is 16.8. The van der Waals surface area contributed by atoms with E-state index in [4.69, 9.17) is 9.47 Å². The van der Waals surface area contributed by atoms with E-state index in [1.54, 1.807) is 7.11 Å². The van der Waals surface area contributed by atoms with E-state index in [1.165, 1.54) is 12.8 Å². The van der Waals surface area contributed by atoms with Crippen LogP contribution in [0.1, 0.15) is 31.2 Å². The van der Waals surface area contributed by atoms with Crippen molar-refractivity contribution in [1.29, 1.82) is 0 Å². The molecule has 0 unspecified atom stereocenters. The van der Waals surface area contributed by atoms with Gasteiger partial charge in [0.15, 0.2) is 0 Å². The Labute approximate surface area is 171 Å². The van der Waals surface area contributed by atoms with Gasteiger partial charge in [-0.15, -0.1) is 0 Å². The monoisotopic (exact) mass is 396 g/mol. The summed E-state index contributed by atoms with van der Waals surface area (Å²) >= 11 is 0. The molecular formula is C23H28N2O4. The topological polar surface area (TPSA) is 67.9 Å². The lowest BCUT2D eigenvalue weighted by Gasteiger charge is -2.27. The van der Waals surface area contributed by atoms with Crippen molar-refractivity contribution < 1.29 is 19.1 Å². The molecule has 6 nitrogen and oxygen atoms in total. The number of fused-ring (bicyclic) bond motifs is 1. The fourth-order valence-corrected chi connectivity index (χ4v) is 5.59. The predicted octanol–water partition coefficient (Wildman–Crippen LogP) is 2.08. The molecule has 1 aromatic carbocycles. The van der Waals surface area contributed by atoms with Crippen LogP contribution in [-0.2, 0) is 20.7 Å². The Morgan fingerprint density at radius 2 is 2.03 bits per heavy atom. The van der Waals surface area contributed by atoms with E-state index >= 15 is 0 Å². The normalized spacial score (nSPS) is 32.8. The second-order valence-corrected chi connectivity index (χ2v) is 8.69. The van der Waals surface area contributed by atoms with Crippen LogP contribution in [0.3, 0.4) is 0 Å². The summed E-state index contributed by atoms with van der Waals surface area (Å²) < 4.78 is 11.4. The number of nitrogens with one attached hydrogen (secondary N) is 1. The number of methoxy groups -OCH3 is 1. The number of benzene rings is 1.